The van der Waals surface area contributed by atoms with Crippen molar-refractivity contribution >= 4 is 28.3 Å². The van der Waals surface area contributed by atoms with Crippen molar-refractivity contribution in [1.29, 1.82) is 0 Å². The number of hydrogen-bond acceptors (Lipinski definition) is 0. The minimum Gasteiger partial charge on any atom is -0.0872 e. The van der Waals surface area contributed by atoms with Crippen LogP contribution in [0, 0.1) is 0 Å². The first-order valence-electron chi connectivity index (χ1n) is 27.2. The predicted molar refractivity (Wildman–Crippen MR) is 306 cm³/mol. The fourth-order valence-corrected chi connectivity index (χ4v) is 20.4. The van der Waals surface area contributed by atoms with Gasteiger partial charge < -0.3 is 0 Å². The molecule has 0 saturated heterocycles. The van der Waals surface area contributed by atoms with Crippen molar-refractivity contribution in [2.24, 2.45) is 0 Å². The van der Waals surface area contributed by atoms with E-state index in [4.69, 9.17) is 0 Å². The van der Waals surface area contributed by atoms with Crippen LogP contribution in [0.15, 0.2) is 164 Å². The van der Waals surface area contributed by atoms with E-state index < -0.39 is 28.3 Å². The highest BCUT2D eigenvalue weighted by Gasteiger charge is 2.30. The molecule has 0 N–H and O–H groups in total. The summed E-state index contributed by atoms with van der Waals surface area (Å²) in [5.74, 6) is 5.75. The highest BCUT2D eigenvalue weighted by Crippen LogP contribution is 2.38. The predicted octanol–water partition coefficient (Wildman–Crippen LogP) is 20.3. The lowest BCUT2D eigenvalue weighted by atomic mass is 9.95. The van der Waals surface area contributed by atoms with Crippen molar-refractivity contribution in [1.82, 2.24) is 0 Å². The first-order valence-corrected chi connectivity index (χ1v) is 32.1. The Morgan fingerprint density at radius 3 is 0.721 bits per heavy atom. The van der Waals surface area contributed by atoms with Gasteiger partial charge in [-0.05, 0) is 103 Å². The Morgan fingerprint density at radius 2 is 0.485 bits per heavy atom. The summed E-state index contributed by atoms with van der Waals surface area (Å²) in [5.41, 5.74) is 13.7. The average Bonchev–Trinajstić information content (AvgIpc) is 3.37. The standard InChI is InChI=1S/3C12H17.3C10H13.2Al/c3*1-9(2)11-6-5-7-12(8-11)10(3)4;3*1-3-9(2)10-7-5-4-6-8-10;;/h3*5-10H,1H2,2-4H3;3*4-9H,2-3H2,1H3;;. The molecule has 6 atom stereocenters. The van der Waals surface area contributed by atoms with Gasteiger partial charge in [-0.2, -0.15) is 0 Å². The van der Waals surface area contributed by atoms with Gasteiger partial charge >= 0.3 is 0 Å². The fourth-order valence-electron chi connectivity index (χ4n) is 11.2. The van der Waals surface area contributed by atoms with Gasteiger partial charge in [0.1, 0.15) is 0 Å². The van der Waals surface area contributed by atoms with Crippen LogP contribution in [0.5, 0.6) is 0 Å². The van der Waals surface area contributed by atoms with Crippen molar-refractivity contribution in [3.8, 4) is 0 Å². The maximum Gasteiger partial charge on any atom is 0.263 e. The van der Waals surface area contributed by atoms with E-state index in [1.165, 1.54) is 84.3 Å². The molecule has 0 aliphatic carbocycles. The molecule has 68 heavy (non-hydrogen) atoms. The molecule has 0 nitrogen and oxygen atoms in total. The van der Waals surface area contributed by atoms with Gasteiger partial charge in [0.15, 0.2) is 0 Å². The molecule has 0 aliphatic rings. The summed E-state index contributed by atoms with van der Waals surface area (Å²) in [6.45, 7) is 28.4. The van der Waals surface area contributed by atoms with E-state index in [-0.39, 0.29) is 0 Å². The van der Waals surface area contributed by atoms with Crippen LogP contribution in [0.3, 0.4) is 0 Å². The van der Waals surface area contributed by atoms with Crippen LogP contribution in [-0.4, -0.2) is 28.3 Å². The van der Waals surface area contributed by atoms with Crippen LogP contribution in [0.4, 0.5) is 0 Å². The number of benzene rings is 6. The zero-order valence-electron chi connectivity index (χ0n) is 44.8. The Labute approximate surface area is 426 Å². The van der Waals surface area contributed by atoms with Crippen LogP contribution in [-0.2, 0) is 0 Å². The molecule has 0 aliphatic heterocycles. The van der Waals surface area contributed by atoms with Crippen LogP contribution < -0.4 is 0 Å². The molecule has 0 amide bonds. The molecular formula is C66H90Al2. The van der Waals surface area contributed by atoms with Crippen molar-refractivity contribution in [3.05, 3.63) is 214 Å². The number of hydrogen-bond donors (Lipinski definition) is 0. The molecule has 6 aromatic rings. The molecule has 0 aromatic heterocycles. The fraction of sp³-hybridized carbons (Fsp3) is 0.455. The monoisotopic (exact) mass is 937 g/mol. The van der Waals surface area contributed by atoms with E-state index in [0.717, 1.165) is 0 Å². The van der Waals surface area contributed by atoms with Gasteiger partial charge in [0.05, 0.1) is 0 Å². The van der Waals surface area contributed by atoms with Crippen LogP contribution in [0.25, 0.3) is 0 Å². The Balaban J connectivity index is 0.000000258. The summed E-state index contributed by atoms with van der Waals surface area (Å²) in [4.78, 5) is 0. The van der Waals surface area contributed by atoms with Gasteiger partial charge in [-0.25, -0.2) is 0 Å². The molecule has 6 aromatic carbocycles. The molecule has 6 unspecified atom stereocenters. The normalized spacial score (nSPS) is 14.2. The molecule has 6 rings (SSSR count). The third kappa shape index (κ3) is 17.4. The van der Waals surface area contributed by atoms with Gasteiger partial charge in [0.25, 0.3) is 28.3 Å². The summed E-state index contributed by atoms with van der Waals surface area (Å²) in [7, 11) is 0. The Hall–Kier alpha value is -3.62. The highest BCUT2D eigenvalue weighted by atomic mass is 27.2. The summed E-state index contributed by atoms with van der Waals surface area (Å²) in [5, 5.41) is 8.41. The van der Waals surface area contributed by atoms with E-state index >= 15 is 0 Å². The first kappa shape index (κ1) is 55.3. The maximum absolute atomic E-state index is 2.48. The van der Waals surface area contributed by atoms with E-state index in [9.17, 15) is 0 Å². The third-order valence-corrected chi connectivity index (χ3v) is 23.5. The van der Waals surface area contributed by atoms with E-state index in [1.807, 2.05) is 0 Å². The Bertz CT molecular complexity index is 2020. The molecule has 0 fully saturated rings. The Kier molecular flexibility index (Phi) is 23.5. The topological polar surface area (TPSA) is 0 Å². The zero-order valence-corrected chi connectivity index (χ0v) is 47.1. The van der Waals surface area contributed by atoms with E-state index in [0.29, 0.717) is 53.3 Å². The van der Waals surface area contributed by atoms with Crippen molar-refractivity contribution in [2.75, 3.05) is 0 Å². The quantitative estimate of drug-likeness (QED) is 0.0531. The second kappa shape index (κ2) is 28.9. The average molecular weight is 937 g/mol. The maximum atomic E-state index is 2.48. The molecular weight excluding hydrogens is 847 g/mol. The van der Waals surface area contributed by atoms with E-state index in [1.54, 1.807) is 16.7 Å². The van der Waals surface area contributed by atoms with Gasteiger partial charge in [-0.15, -0.1) is 0 Å². The Morgan fingerprint density at radius 1 is 0.265 bits per heavy atom. The van der Waals surface area contributed by atoms with Crippen molar-refractivity contribution in [2.45, 2.75) is 187 Å². The SMILES string of the molecule is CC(C)c1cccc(C(C)[CH2][Al]([CH2]C(C)c2cccc(C(C)C)c2)[CH2]C(C)c2cccc(C(C)C)c2)c1.CCC([CH2][Al]([CH2]C(CC)c1ccccc1)[CH2]C(CC)c1ccccc1)c1ccccc1. The lowest BCUT2D eigenvalue weighted by molar-refractivity contribution is 0.670. The van der Waals surface area contributed by atoms with Crippen LogP contribution >= 0.6 is 0 Å². The smallest absolute Gasteiger partial charge is 0.0872 e. The molecule has 0 heterocycles. The zero-order chi connectivity index (χ0) is 49.0. The van der Waals surface area contributed by atoms with E-state index in [2.05, 4.69) is 247 Å². The minimum absolute atomic E-state index is 0.585. The molecule has 0 spiro atoms. The van der Waals surface area contributed by atoms with Crippen LogP contribution in [0.1, 0.15) is 206 Å². The lowest BCUT2D eigenvalue weighted by Crippen LogP contribution is -2.22. The van der Waals surface area contributed by atoms with Gasteiger partial charge in [-0.1, -0.05) is 298 Å². The number of rotatable bonds is 24. The molecule has 360 valence electrons. The summed E-state index contributed by atoms with van der Waals surface area (Å²) in [6.07, 6.45) is 3.74. The lowest BCUT2D eigenvalue weighted by Gasteiger charge is -2.27. The largest absolute Gasteiger partial charge is 0.263 e. The highest BCUT2D eigenvalue weighted by molar-refractivity contribution is 6.59. The molecule has 0 bridgehead atoms. The van der Waals surface area contributed by atoms with Crippen molar-refractivity contribution < 1.29 is 0 Å². The van der Waals surface area contributed by atoms with Gasteiger partial charge in [0.2, 0.25) is 0 Å². The summed E-state index contributed by atoms with van der Waals surface area (Å²) < 4.78 is 0. The molecule has 2 heteroatoms. The second-order valence-electron chi connectivity index (χ2n) is 21.9. The second-order valence-corrected chi connectivity index (χ2v) is 28.2. The molecule has 0 saturated carbocycles. The first-order chi connectivity index (χ1) is 32.8. The summed E-state index contributed by atoms with van der Waals surface area (Å²) in [6, 6.07) is 62.1. The van der Waals surface area contributed by atoms with Crippen LogP contribution in [0.2, 0.25) is 31.7 Å². The van der Waals surface area contributed by atoms with Gasteiger partial charge in [0, 0.05) is 0 Å². The minimum atomic E-state index is -1.04. The van der Waals surface area contributed by atoms with Crippen molar-refractivity contribution in [3.63, 3.8) is 0 Å². The molecule has 0 radical (unpaired) electrons. The summed E-state index contributed by atoms with van der Waals surface area (Å²) >= 11 is -2.01. The van der Waals surface area contributed by atoms with Gasteiger partial charge in [-0.3, -0.25) is 0 Å². The third-order valence-electron chi connectivity index (χ3n) is 15.6.